The van der Waals surface area contributed by atoms with E-state index in [0.717, 1.165) is 0 Å². The molecule has 0 radical (unpaired) electrons. The number of benzene rings is 3. The number of carbonyl (C=O) groups is 1. The van der Waals surface area contributed by atoms with E-state index in [1.165, 1.54) is 30.3 Å². The molecule has 0 aliphatic heterocycles. The minimum Gasteiger partial charge on any atom is -0.478 e. The first-order valence-corrected chi connectivity index (χ1v) is 11.4. The fourth-order valence-electron chi connectivity index (χ4n) is 3.26. The molecule has 0 aliphatic carbocycles. The van der Waals surface area contributed by atoms with Crippen molar-refractivity contribution < 1.29 is 44.7 Å². The first-order valence-electron chi connectivity index (χ1n) is 9.89. The number of halogens is 6. The molecule has 0 fully saturated rings. The number of carboxylic acids is 1. The summed E-state index contributed by atoms with van der Waals surface area (Å²) in [6.45, 7) is 0. The third kappa shape index (κ3) is 6.53. The minimum absolute atomic E-state index is 0.0344. The van der Waals surface area contributed by atoms with Crippen molar-refractivity contribution in [1.29, 1.82) is 0 Å². The number of nitrogens with one attached hydrogen (secondary N) is 1. The molecule has 12 heteroatoms. The summed E-state index contributed by atoms with van der Waals surface area (Å²) in [6, 6.07) is 12.0. The molecule has 0 aliphatic rings. The van der Waals surface area contributed by atoms with E-state index in [9.17, 15) is 39.6 Å². The van der Waals surface area contributed by atoms with Gasteiger partial charge in [-0.1, -0.05) is 30.3 Å². The largest absolute Gasteiger partial charge is 0.478 e. The van der Waals surface area contributed by atoms with Gasteiger partial charge in [0.05, 0.1) is 27.3 Å². The Labute approximate surface area is 196 Å². The molecule has 0 heterocycles. The van der Waals surface area contributed by atoms with Crippen LogP contribution in [0.3, 0.4) is 0 Å². The van der Waals surface area contributed by atoms with E-state index in [0.29, 0.717) is 17.5 Å². The maximum absolute atomic E-state index is 13.1. The van der Waals surface area contributed by atoms with Gasteiger partial charge in [0.1, 0.15) is 0 Å². The lowest BCUT2D eigenvalue weighted by molar-refractivity contribution is -0.143. The van der Waals surface area contributed by atoms with Gasteiger partial charge in [-0.05, 0) is 60.4 Å². The Bertz CT molecular complexity index is 1320. The lowest BCUT2D eigenvalue weighted by Gasteiger charge is -2.16. The van der Waals surface area contributed by atoms with E-state index in [2.05, 4.69) is 4.72 Å². The monoisotopic (exact) mass is 517 g/mol. The number of rotatable bonds is 7. The van der Waals surface area contributed by atoms with E-state index in [4.69, 9.17) is 5.11 Å². The second kappa shape index (κ2) is 9.61. The fourth-order valence-corrected chi connectivity index (χ4v) is 4.43. The Hall–Kier alpha value is -3.54. The highest BCUT2D eigenvalue weighted by Gasteiger charge is 2.38. The summed E-state index contributed by atoms with van der Waals surface area (Å²) in [4.78, 5) is 9.94. The number of sulfonamides is 1. The summed E-state index contributed by atoms with van der Waals surface area (Å²) in [5.41, 5.74) is -2.44. The van der Waals surface area contributed by atoms with Crippen molar-refractivity contribution in [3.8, 4) is 0 Å². The van der Waals surface area contributed by atoms with E-state index in [-0.39, 0.29) is 35.9 Å². The van der Waals surface area contributed by atoms with Crippen molar-refractivity contribution in [2.75, 3.05) is 4.72 Å². The molecule has 0 aromatic heterocycles. The zero-order valence-corrected chi connectivity index (χ0v) is 18.4. The molecule has 3 aromatic carbocycles. The van der Waals surface area contributed by atoms with E-state index in [1.54, 1.807) is 18.2 Å². The summed E-state index contributed by atoms with van der Waals surface area (Å²) in [5, 5.41) is 9.10. The molecule has 3 aromatic rings. The number of carboxylic acid groups (broad SMARTS) is 1. The van der Waals surface area contributed by atoms with Gasteiger partial charge in [0.2, 0.25) is 0 Å². The fraction of sp³-hybridized carbons (Fsp3) is 0.174. The highest BCUT2D eigenvalue weighted by molar-refractivity contribution is 7.92. The normalized spacial score (nSPS) is 12.4. The van der Waals surface area contributed by atoms with Crippen LogP contribution in [0, 0.1) is 0 Å². The summed E-state index contributed by atoms with van der Waals surface area (Å²) in [5.74, 6) is -1.13. The number of aryl methyl sites for hydroxylation is 2. The molecule has 35 heavy (non-hydrogen) atoms. The topological polar surface area (TPSA) is 83.5 Å². The Morgan fingerprint density at radius 2 is 1.40 bits per heavy atom. The van der Waals surface area contributed by atoms with Gasteiger partial charge in [-0.15, -0.1) is 0 Å². The quantitative estimate of drug-likeness (QED) is 0.376. The molecular formula is C23H17F6NO4S. The predicted molar refractivity (Wildman–Crippen MR) is 115 cm³/mol. The summed E-state index contributed by atoms with van der Waals surface area (Å²) >= 11 is 0. The molecule has 5 nitrogen and oxygen atoms in total. The average molecular weight is 517 g/mol. The number of hydrogen-bond donors (Lipinski definition) is 2. The number of anilines is 1. The smallest absolute Gasteiger partial charge is 0.416 e. The van der Waals surface area contributed by atoms with Crippen LogP contribution in [0.5, 0.6) is 0 Å². The Morgan fingerprint density at radius 3 is 1.97 bits per heavy atom. The van der Waals surface area contributed by atoms with E-state index < -0.39 is 44.4 Å². The van der Waals surface area contributed by atoms with Gasteiger partial charge in [0.25, 0.3) is 10.0 Å². The first-order chi connectivity index (χ1) is 16.2. The van der Waals surface area contributed by atoms with Crippen LogP contribution < -0.4 is 4.72 Å². The van der Waals surface area contributed by atoms with Crippen molar-refractivity contribution in [1.82, 2.24) is 0 Å². The average Bonchev–Trinajstić information content (AvgIpc) is 2.77. The third-order valence-electron chi connectivity index (χ3n) is 4.99. The Balaban J connectivity index is 1.92. The second-order valence-electron chi connectivity index (χ2n) is 7.51. The third-order valence-corrected chi connectivity index (χ3v) is 6.34. The van der Waals surface area contributed by atoms with Crippen molar-refractivity contribution in [3.63, 3.8) is 0 Å². The summed E-state index contributed by atoms with van der Waals surface area (Å²) in [6.07, 6.45) is -9.90. The Morgan fingerprint density at radius 1 is 0.800 bits per heavy atom. The molecule has 0 amide bonds. The van der Waals surface area contributed by atoms with Gasteiger partial charge in [0.15, 0.2) is 0 Å². The molecule has 0 saturated carbocycles. The van der Waals surface area contributed by atoms with Gasteiger partial charge in [-0.2, -0.15) is 26.3 Å². The molecule has 2 N–H and O–H groups in total. The molecule has 186 valence electrons. The highest BCUT2D eigenvalue weighted by atomic mass is 32.2. The van der Waals surface area contributed by atoms with E-state index in [1.807, 2.05) is 0 Å². The van der Waals surface area contributed by atoms with Crippen LogP contribution in [0.15, 0.2) is 71.6 Å². The van der Waals surface area contributed by atoms with Gasteiger partial charge in [-0.25, -0.2) is 13.2 Å². The van der Waals surface area contributed by atoms with Crippen molar-refractivity contribution in [2.24, 2.45) is 0 Å². The maximum atomic E-state index is 13.1. The SMILES string of the molecule is O=C(O)c1cccc(CCc2ccccc2NS(=O)(=O)c2cc(C(F)(F)F)cc(C(F)(F)F)c2)c1. The summed E-state index contributed by atoms with van der Waals surface area (Å²) in [7, 11) is -4.83. The Kier molecular flexibility index (Phi) is 7.16. The summed E-state index contributed by atoms with van der Waals surface area (Å²) < 4.78 is 106. The van der Waals surface area contributed by atoms with Gasteiger partial charge in [-0.3, -0.25) is 4.72 Å². The van der Waals surface area contributed by atoms with Gasteiger partial charge in [0, 0.05) is 0 Å². The van der Waals surface area contributed by atoms with Crippen LogP contribution in [-0.4, -0.2) is 19.5 Å². The van der Waals surface area contributed by atoms with E-state index >= 15 is 0 Å². The molecular weight excluding hydrogens is 500 g/mol. The van der Waals surface area contributed by atoms with Crippen LogP contribution in [0.2, 0.25) is 0 Å². The molecule has 0 spiro atoms. The van der Waals surface area contributed by atoms with Crippen LogP contribution in [-0.2, 0) is 35.2 Å². The molecule has 0 bridgehead atoms. The van der Waals surface area contributed by atoms with Crippen molar-refractivity contribution in [3.05, 3.63) is 94.5 Å². The first kappa shape index (κ1) is 26.1. The highest BCUT2D eigenvalue weighted by Crippen LogP contribution is 2.37. The number of aromatic carboxylic acids is 1. The van der Waals surface area contributed by atoms with Gasteiger partial charge < -0.3 is 5.11 Å². The van der Waals surface area contributed by atoms with Crippen molar-refractivity contribution in [2.45, 2.75) is 30.1 Å². The zero-order valence-electron chi connectivity index (χ0n) is 17.6. The zero-order chi connectivity index (χ0) is 26.0. The van der Waals surface area contributed by atoms with Crippen LogP contribution in [0.4, 0.5) is 32.0 Å². The standard InChI is InChI=1S/C23H17F6NO4S/c24-22(25,26)17-11-18(23(27,28)29)13-19(12-17)35(33,34)30-20-7-2-1-5-15(20)9-8-14-4-3-6-16(10-14)21(31)32/h1-7,10-13,30H,8-9H2,(H,31,32). The number of para-hydroxylation sites is 1. The van der Waals surface area contributed by atoms with Gasteiger partial charge >= 0.3 is 18.3 Å². The molecule has 3 rings (SSSR count). The lowest BCUT2D eigenvalue weighted by Crippen LogP contribution is -2.18. The van der Waals surface area contributed by atoms with Crippen LogP contribution >= 0.6 is 0 Å². The molecule has 0 saturated heterocycles. The number of hydrogen-bond acceptors (Lipinski definition) is 3. The maximum Gasteiger partial charge on any atom is 0.416 e. The lowest BCUT2D eigenvalue weighted by atomic mass is 10.0. The van der Waals surface area contributed by atoms with Crippen molar-refractivity contribution >= 4 is 21.7 Å². The van der Waals surface area contributed by atoms with Crippen LogP contribution in [0.1, 0.15) is 32.6 Å². The second-order valence-corrected chi connectivity index (χ2v) is 9.19. The predicted octanol–water partition coefficient (Wildman–Crippen LogP) is 6.01. The van der Waals surface area contributed by atoms with Crippen LogP contribution in [0.25, 0.3) is 0 Å². The molecule has 0 atom stereocenters. The number of alkyl halides is 6. The minimum atomic E-state index is -5.20. The molecule has 0 unspecified atom stereocenters.